The molecule has 0 aliphatic carbocycles. The molecule has 0 bridgehead atoms. The van der Waals surface area contributed by atoms with Crippen molar-refractivity contribution in [2.24, 2.45) is 0 Å². The molecular weight excluding hydrogens is 232 g/mol. The number of furan rings is 1. The molecule has 0 aliphatic heterocycles. The van der Waals surface area contributed by atoms with Gasteiger partial charge in [0.25, 0.3) is 0 Å². The molecule has 0 aliphatic rings. The van der Waals surface area contributed by atoms with Gasteiger partial charge in [0.1, 0.15) is 11.2 Å². The zero-order valence-corrected chi connectivity index (χ0v) is 11.9. The van der Waals surface area contributed by atoms with Crippen LogP contribution in [0.4, 0.5) is 0 Å². The van der Waals surface area contributed by atoms with Gasteiger partial charge in [-0.05, 0) is 41.1 Å². The summed E-state index contributed by atoms with van der Waals surface area (Å²) in [4.78, 5) is 0. The summed E-state index contributed by atoms with van der Waals surface area (Å²) in [5, 5.41) is 2.14. The maximum Gasteiger partial charge on any atom is 0.135 e. The van der Waals surface area contributed by atoms with Gasteiger partial charge in [-0.1, -0.05) is 45.9 Å². The summed E-state index contributed by atoms with van der Waals surface area (Å²) in [7, 11) is 0. The van der Waals surface area contributed by atoms with Gasteiger partial charge in [-0.2, -0.15) is 0 Å². The number of hydrogen-bond donors (Lipinski definition) is 0. The molecule has 19 heavy (non-hydrogen) atoms. The Bertz CT molecular complexity index is 817. The van der Waals surface area contributed by atoms with Gasteiger partial charge < -0.3 is 4.42 Å². The van der Waals surface area contributed by atoms with E-state index < -0.39 is 6.37 Å². The average molecular weight is 254 g/mol. The second kappa shape index (κ2) is 4.12. The fourth-order valence-corrected chi connectivity index (χ4v) is 2.60. The van der Waals surface area contributed by atoms with Gasteiger partial charge in [0.2, 0.25) is 0 Å². The molecule has 0 radical (unpaired) electrons. The van der Waals surface area contributed by atoms with Crippen molar-refractivity contribution in [1.82, 2.24) is 0 Å². The molecule has 1 heteroatoms. The standard InChI is InChI=1S/C18H20O/c1-5-12-10-17-14(11-15(12)18(2,3)4)13-8-6-7-9-16(13)19-17/h6-11H,5H2,1-4H3/i5D2. The van der Waals surface area contributed by atoms with E-state index in [1.54, 1.807) is 6.92 Å². The molecule has 1 nitrogen and oxygen atoms in total. The lowest BCUT2D eigenvalue weighted by Gasteiger charge is -2.22. The topological polar surface area (TPSA) is 13.1 Å². The number of para-hydroxylation sites is 1. The summed E-state index contributed by atoms with van der Waals surface area (Å²) in [6.07, 6.45) is -1.39. The van der Waals surface area contributed by atoms with E-state index in [-0.39, 0.29) is 5.41 Å². The first kappa shape index (κ1) is 10.1. The van der Waals surface area contributed by atoms with Crippen molar-refractivity contribution in [3.8, 4) is 0 Å². The molecule has 3 aromatic rings. The van der Waals surface area contributed by atoms with Crippen molar-refractivity contribution in [3.05, 3.63) is 47.5 Å². The third-order valence-electron chi connectivity index (χ3n) is 3.59. The lowest BCUT2D eigenvalue weighted by molar-refractivity contribution is 0.583. The van der Waals surface area contributed by atoms with Crippen LogP contribution in [0.2, 0.25) is 0 Å². The average Bonchev–Trinajstić information content (AvgIpc) is 2.73. The minimum absolute atomic E-state index is 0.120. The molecule has 0 unspecified atom stereocenters. The van der Waals surface area contributed by atoms with Crippen molar-refractivity contribution in [1.29, 1.82) is 0 Å². The van der Waals surface area contributed by atoms with Crippen LogP contribution in [0, 0.1) is 0 Å². The van der Waals surface area contributed by atoms with E-state index in [1.807, 2.05) is 30.3 Å². The fraction of sp³-hybridized carbons (Fsp3) is 0.333. The lowest BCUT2D eigenvalue weighted by atomic mass is 9.82. The van der Waals surface area contributed by atoms with Crippen LogP contribution in [0.3, 0.4) is 0 Å². The normalized spacial score (nSPS) is 14.7. The van der Waals surface area contributed by atoms with E-state index in [0.717, 1.165) is 27.5 Å². The number of aryl methyl sites for hydroxylation is 1. The monoisotopic (exact) mass is 254 g/mol. The van der Waals surface area contributed by atoms with Gasteiger partial charge >= 0.3 is 0 Å². The van der Waals surface area contributed by atoms with Crippen LogP contribution in [0.15, 0.2) is 40.8 Å². The van der Waals surface area contributed by atoms with Crippen molar-refractivity contribution in [3.63, 3.8) is 0 Å². The van der Waals surface area contributed by atoms with Crippen molar-refractivity contribution < 1.29 is 7.16 Å². The minimum Gasteiger partial charge on any atom is -0.456 e. The molecule has 0 atom stereocenters. The first-order chi connectivity index (χ1) is 9.68. The van der Waals surface area contributed by atoms with E-state index in [9.17, 15) is 0 Å². The van der Waals surface area contributed by atoms with E-state index in [1.165, 1.54) is 0 Å². The van der Waals surface area contributed by atoms with E-state index in [0.29, 0.717) is 5.56 Å². The summed E-state index contributed by atoms with van der Waals surface area (Å²) >= 11 is 0. The smallest absolute Gasteiger partial charge is 0.135 e. The Morgan fingerprint density at radius 3 is 2.47 bits per heavy atom. The van der Waals surface area contributed by atoms with Gasteiger partial charge in [0.05, 0.1) is 0 Å². The summed E-state index contributed by atoms with van der Waals surface area (Å²) in [6.45, 7) is 7.95. The van der Waals surface area contributed by atoms with Crippen LogP contribution >= 0.6 is 0 Å². The fourth-order valence-electron chi connectivity index (χ4n) is 2.60. The van der Waals surface area contributed by atoms with Crippen molar-refractivity contribution in [2.75, 3.05) is 0 Å². The first-order valence-corrected chi connectivity index (χ1v) is 6.64. The number of rotatable bonds is 1. The summed E-state index contributed by atoms with van der Waals surface area (Å²) in [6, 6.07) is 11.9. The highest BCUT2D eigenvalue weighted by Gasteiger charge is 2.19. The molecule has 0 saturated carbocycles. The Morgan fingerprint density at radius 1 is 1.05 bits per heavy atom. The molecular formula is C18H20O. The predicted molar refractivity (Wildman–Crippen MR) is 81.8 cm³/mol. The molecule has 0 spiro atoms. The Balaban J connectivity index is 2.44. The Kier molecular flexibility index (Phi) is 2.19. The quantitative estimate of drug-likeness (QED) is 0.563. The molecule has 0 fully saturated rings. The highest BCUT2D eigenvalue weighted by atomic mass is 16.3. The molecule has 1 aromatic heterocycles. The minimum atomic E-state index is -1.39. The zero-order valence-electron chi connectivity index (χ0n) is 13.9. The van der Waals surface area contributed by atoms with Crippen LogP contribution in [-0.2, 0) is 11.8 Å². The van der Waals surface area contributed by atoms with Crippen molar-refractivity contribution in [2.45, 2.75) is 39.5 Å². The maximum atomic E-state index is 8.13. The molecule has 3 rings (SSSR count). The highest BCUT2D eigenvalue weighted by molar-refractivity contribution is 6.05. The third kappa shape index (κ3) is 1.94. The van der Waals surface area contributed by atoms with Gasteiger partial charge in [0.15, 0.2) is 0 Å². The molecule has 0 N–H and O–H groups in total. The molecule has 0 saturated heterocycles. The van der Waals surface area contributed by atoms with Crippen LogP contribution in [0.25, 0.3) is 21.9 Å². The van der Waals surface area contributed by atoms with Crippen LogP contribution < -0.4 is 0 Å². The molecule has 2 aromatic carbocycles. The van der Waals surface area contributed by atoms with E-state index >= 15 is 0 Å². The number of benzene rings is 2. The summed E-state index contributed by atoms with van der Waals surface area (Å²) < 4.78 is 22.1. The van der Waals surface area contributed by atoms with Gasteiger partial charge in [-0.25, -0.2) is 0 Å². The van der Waals surface area contributed by atoms with Crippen LogP contribution in [0.5, 0.6) is 0 Å². The largest absolute Gasteiger partial charge is 0.456 e. The Labute approximate surface area is 117 Å². The lowest BCUT2D eigenvalue weighted by Crippen LogP contribution is -2.13. The maximum absolute atomic E-state index is 8.13. The Morgan fingerprint density at radius 2 is 1.79 bits per heavy atom. The van der Waals surface area contributed by atoms with Crippen LogP contribution in [0.1, 0.15) is 41.6 Å². The number of fused-ring (bicyclic) bond motifs is 3. The third-order valence-corrected chi connectivity index (χ3v) is 3.59. The second-order valence-electron chi connectivity index (χ2n) is 5.99. The Hall–Kier alpha value is -1.76. The van der Waals surface area contributed by atoms with Gasteiger partial charge in [-0.15, -0.1) is 0 Å². The van der Waals surface area contributed by atoms with Gasteiger partial charge in [0, 0.05) is 13.5 Å². The molecule has 98 valence electrons. The summed E-state index contributed by atoms with van der Waals surface area (Å²) in [5.74, 6) is 0. The zero-order chi connectivity index (χ0) is 15.4. The van der Waals surface area contributed by atoms with E-state index in [2.05, 4.69) is 26.8 Å². The summed E-state index contributed by atoms with van der Waals surface area (Å²) in [5.41, 5.74) is 3.23. The van der Waals surface area contributed by atoms with E-state index in [4.69, 9.17) is 7.16 Å². The highest BCUT2D eigenvalue weighted by Crippen LogP contribution is 2.35. The van der Waals surface area contributed by atoms with Gasteiger partial charge in [-0.3, -0.25) is 0 Å². The molecule has 1 heterocycles. The second-order valence-corrected chi connectivity index (χ2v) is 5.99. The SMILES string of the molecule is [2H]C([2H])(C)c1cc2oc3ccccc3c2cc1C(C)(C)C. The van der Waals surface area contributed by atoms with Crippen LogP contribution in [-0.4, -0.2) is 0 Å². The molecule has 0 amide bonds. The first-order valence-electron chi connectivity index (χ1n) is 7.64. The number of hydrogen-bond acceptors (Lipinski definition) is 1. The van der Waals surface area contributed by atoms with Crippen molar-refractivity contribution >= 4 is 21.9 Å². The predicted octanol–water partition coefficient (Wildman–Crippen LogP) is 5.45.